The predicted molar refractivity (Wildman–Crippen MR) is 195 cm³/mol. The zero-order chi connectivity index (χ0) is 34.9. The van der Waals surface area contributed by atoms with Gasteiger partial charge in [0.25, 0.3) is 5.91 Å². The van der Waals surface area contributed by atoms with Gasteiger partial charge in [0, 0.05) is 18.7 Å². The van der Waals surface area contributed by atoms with Crippen LogP contribution >= 0.6 is 23.4 Å². The molecule has 2 aromatic carbocycles. The minimum Gasteiger partial charge on any atom is -0.493 e. The van der Waals surface area contributed by atoms with Crippen molar-refractivity contribution in [3.8, 4) is 5.75 Å². The summed E-state index contributed by atoms with van der Waals surface area (Å²) in [6, 6.07) is 9.28. The van der Waals surface area contributed by atoms with E-state index in [-0.39, 0.29) is 33.9 Å². The number of hydrogen-bond acceptors (Lipinski definition) is 8. The van der Waals surface area contributed by atoms with Crippen molar-refractivity contribution in [2.24, 2.45) is 5.92 Å². The van der Waals surface area contributed by atoms with Gasteiger partial charge in [0.15, 0.2) is 5.17 Å². The standard InChI is InChI=1S/C37H53ClN4O4S/c1-9-10-18-42(34(43)30-14-11-13-29(24(2)3)31(30)38)36(40)47-33(39)28-22-25(4)32(26(5)23-28)45-21-12-17-41-19-15-27(16-20-41)35(44)46-37(6,7)8/h11,13-14,22-24,27,39-40H,9-10,12,15-21H2,1-8H3. The maximum atomic E-state index is 13.7. The second-order valence-electron chi connectivity index (χ2n) is 13.7. The summed E-state index contributed by atoms with van der Waals surface area (Å²) in [6.45, 7) is 19.4. The number of amidine groups is 1. The number of carbonyl (C=O) groups is 2. The number of unbranched alkanes of at least 4 members (excludes halogenated alkanes) is 1. The molecule has 1 aliphatic rings. The summed E-state index contributed by atoms with van der Waals surface area (Å²) in [5.74, 6) is 0.545. The SMILES string of the molecule is CCCCN(C(=N)SC(=N)c1cc(C)c(OCCCN2CCC(C(=O)OC(C)(C)C)CC2)c(C)c1)C(=O)c1cccc(C(C)C)c1Cl. The third-order valence-corrected chi connectivity index (χ3v) is 9.50. The van der Waals surface area contributed by atoms with Crippen LogP contribution in [0.15, 0.2) is 30.3 Å². The molecule has 1 fully saturated rings. The van der Waals surface area contributed by atoms with Gasteiger partial charge in [-0.15, -0.1) is 0 Å². The smallest absolute Gasteiger partial charge is 0.309 e. The van der Waals surface area contributed by atoms with Gasteiger partial charge in [-0.05, 0) is 126 Å². The number of halogens is 1. The summed E-state index contributed by atoms with van der Waals surface area (Å²) in [6.07, 6.45) is 4.11. The molecule has 0 atom stereocenters. The first-order valence-electron chi connectivity index (χ1n) is 16.8. The number of benzene rings is 2. The van der Waals surface area contributed by atoms with Gasteiger partial charge in [-0.25, -0.2) is 0 Å². The lowest BCUT2D eigenvalue weighted by atomic mass is 9.96. The van der Waals surface area contributed by atoms with Crippen LogP contribution in [0.1, 0.15) is 112 Å². The summed E-state index contributed by atoms with van der Waals surface area (Å²) >= 11 is 7.62. The van der Waals surface area contributed by atoms with Gasteiger partial charge in [-0.1, -0.05) is 50.9 Å². The third kappa shape index (κ3) is 11.1. The minimum atomic E-state index is -0.451. The van der Waals surface area contributed by atoms with Crippen molar-refractivity contribution in [2.75, 3.05) is 32.8 Å². The molecule has 1 aliphatic heterocycles. The van der Waals surface area contributed by atoms with Gasteiger partial charge >= 0.3 is 5.97 Å². The van der Waals surface area contributed by atoms with E-state index in [4.69, 9.17) is 31.9 Å². The molecule has 0 saturated carbocycles. The Bertz CT molecular complexity index is 1410. The fourth-order valence-corrected chi connectivity index (χ4v) is 6.82. The van der Waals surface area contributed by atoms with Gasteiger partial charge in [-0.2, -0.15) is 0 Å². The van der Waals surface area contributed by atoms with Gasteiger partial charge in [0.2, 0.25) is 0 Å². The Morgan fingerprint density at radius 3 is 2.30 bits per heavy atom. The van der Waals surface area contributed by atoms with Crippen molar-refractivity contribution in [2.45, 2.75) is 99.0 Å². The number of amides is 1. The highest BCUT2D eigenvalue weighted by Crippen LogP contribution is 2.31. The number of nitrogens with zero attached hydrogens (tertiary/aromatic N) is 2. The zero-order valence-corrected chi connectivity index (χ0v) is 31.0. The molecule has 10 heteroatoms. The number of rotatable bonds is 12. The van der Waals surface area contributed by atoms with Crippen LogP contribution in [0.2, 0.25) is 5.02 Å². The first-order chi connectivity index (χ1) is 22.1. The molecular weight excluding hydrogens is 632 g/mol. The summed E-state index contributed by atoms with van der Waals surface area (Å²) in [5.41, 5.74) is 3.35. The van der Waals surface area contributed by atoms with Gasteiger partial charge in [0.05, 0.1) is 23.1 Å². The molecule has 0 aromatic heterocycles. The molecule has 0 aliphatic carbocycles. The van der Waals surface area contributed by atoms with Crippen LogP contribution in [0.5, 0.6) is 5.75 Å². The molecule has 8 nitrogen and oxygen atoms in total. The van der Waals surface area contributed by atoms with E-state index in [1.54, 1.807) is 6.07 Å². The predicted octanol–water partition coefficient (Wildman–Crippen LogP) is 8.84. The van der Waals surface area contributed by atoms with Gasteiger partial charge < -0.3 is 14.4 Å². The molecule has 1 saturated heterocycles. The van der Waals surface area contributed by atoms with E-state index >= 15 is 0 Å². The second-order valence-corrected chi connectivity index (χ2v) is 15.1. The molecule has 2 aromatic rings. The van der Waals surface area contributed by atoms with Crippen molar-refractivity contribution in [3.63, 3.8) is 0 Å². The molecule has 1 heterocycles. The maximum Gasteiger partial charge on any atom is 0.309 e. The van der Waals surface area contributed by atoms with Crippen LogP contribution in [0, 0.1) is 30.6 Å². The first-order valence-corrected chi connectivity index (χ1v) is 18.0. The van der Waals surface area contributed by atoms with Crippen LogP contribution in [0.3, 0.4) is 0 Å². The van der Waals surface area contributed by atoms with Crippen molar-refractivity contribution in [3.05, 3.63) is 63.2 Å². The number of piperidine rings is 1. The average molecular weight is 685 g/mol. The monoisotopic (exact) mass is 684 g/mol. The number of esters is 1. The van der Waals surface area contributed by atoms with Crippen molar-refractivity contribution in [1.82, 2.24) is 9.80 Å². The molecule has 0 radical (unpaired) electrons. The Kier molecular flexibility index (Phi) is 14.4. The van der Waals surface area contributed by atoms with E-state index in [9.17, 15) is 9.59 Å². The van der Waals surface area contributed by atoms with E-state index in [0.717, 1.165) is 85.9 Å². The Morgan fingerprint density at radius 1 is 1.09 bits per heavy atom. The van der Waals surface area contributed by atoms with Gasteiger partial charge in [-0.3, -0.25) is 25.3 Å². The summed E-state index contributed by atoms with van der Waals surface area (Å²) in [7, 11) is 0. The Balaban J connectivity index is 1.57. The lowest BCUT2D eigenvalue weighted by Crippen LogP contribution is -2.39. The van der Waals surface area contributed by atoms with Crippen molar-refractivity contribution in [1.29, 1.82) is 10.8 Å². The fraction of sp³-hybridized carbons (Fsp3) is 0.568. The molecule has 0 unspecified atom stereocenters. The molecule has 47 heavy (non-hydrogen) atoms. The molecular formula is C37H53ClN4O4S. The number of aryl methyl sites for hydroxylation is 2. The van der Waals surface area contributed by atoms with Crippen molar-refractivity contribution < 1.29 is 19.1 Å². The zero-order valence-electron chi connectivity index (χ0n) is 29.4. The number of thioether (sulfide) groups is 1. The van der Waals surface area contributed by atoms with Crippen LogP contribution in [-0.4, -0.2) is 70.3 Å². The molecule has 258 valence electrons. The minimum absolute atomic E-state index is 0.00484. The Hall–Kier alpha value is -2.88. The number of carbonyl (C=O) groups excluding carboxylic acids is 2. The maximum absolute atomic E-state index is 13.7. The summed E-state index contributed by atoms with van der Waals surface area (Å²) < 4.78 is 11.8. The molecule has 3 rings (SSSR count). The second kappa shape index (κ2) is 17.5. The third-order valence-electron chi connectivity index (χ3n) is 8.22. The molecule has 2 N–H and O–H groups in total. The van der Waals surface area contributed by atoms with Crippen LogP contribution < -0.4 is 4.74 Å². The van der Waals surface area contributed by atoms with Crippen molar-refractivity contribution >= 4 is 45.5 Å². The summed E-state index contributed by atoms with van der Waals surface area (Å²) in [5, 5.41) is 18.3. The topological polar surface area (TPSA) is 107 Å². The highest BCUT2D eigenvalue weighted by atomic mass is 35.5. The lowest BCUT2D eigenvalue weighted by Gasteiger charge is -2.32. The molecule has 1 amide bonds. The Morgan fingerprint density at radius 2 is 1.72 bits per heavy atom. The average Bonchev–Trinajstić information content (AvgIpc) is 2.99. The Labute approximate surface area is 290 Å². The number of hydrogen-bond donors (Lipinski definition) is 2. The van der Waals surface area contributed by atoms with E-state index in [1.165, 1.54) is 4.90 Å². The van der Waals surface area contributed by atoms with Crippen LogP contribution in [-0.2, 0) is 9.53 Å². The number of nitrogens with one attached hydrogen (secondary N) is 2. The highest BCUT2D eigenvalue weighted by molar-refractivity contribution is 8.26. The largest absolute Gasteiger partial charge is 0.493 e. The highest BCUT2D eigenvalue weighted by Gasteiger charge is 2.29. The van der Waals surface area contributed by atoms with Crippen LogP contribution in [0.4, 0.5) is 0 Å². The molecule has 0 bridgehead atoms. The lowest BCUT2D eigenvalue weighted by molar-refractivity contribution is -0.161. The fourth-order valence-electron chi connectivity index (χ4n) is 5.68. The van der Waals surface area contributed by atoms with Gasteiger partial charge in [0.1, 0.15) is 16.4 Å². The van der Waals surface area contributed by atoms with E-state index < -0.39 is 5.60 Å². The number of likely N-dealkylation sites (tertiary alicyclic amines) is 1. The van der Waals surface area contributed by atoms with E-state index in [1.807, 2.05) is 79.7 Å². The van der Waals surface area contributed by atoms with E-state index in [0.29, 0.717) is 29.3 Å². The van der Waals surface area contributed by atoms with Crippen LogP contribution in [0.25, 0.3) is 0 Å². The number of ether oxygens (including phenoxy) is 2. The normalized spacial score (nSPS) is 14.3. The first kappa shape index (κ1) is 38.6. The molecule has 0 spiro atoms. The quantitative estimate of drug-likeness (QED) is 0.100. The summed E-state index contributed by atoms with van der Waals surface area (Å²) in [4.78, 5) is 29.9. The van der Waals surface area contributed by atoms with E-state index in [2.05, 4.69) is 4.90 Å².